The van der Waals surface area contributed by atoms with E-state index in [1.54, 1.807) is 0 Å². The highest BCUT2D eigenvalue weighted by atomic mass is 79.9. The molecule has 1 aromatic rings. The van der Waals surface area contributed by atoms with E-state index in [9.17, 15) is 0 Å². The van der Waals surface area contributed by atoms with Crippen molar-refractivity contribution in [1.29, 1.82) is 5.41 Å². The number of likely N-dealkylation sites (tertiary alicyclic amines) is 1. The van der Waals surface area contributed by atoms with E-state index in [1.165, 1.54) is 19.4 Å². The maximum absolute atomic E-state index is 7.73. The Balaban J connectivity index is 2.18. The molecule has 0 amide bonds. The molecule has 3 N–H and O–H groups in total. The summed E-state index contributed by atoms with van der Waals surface area (Å²) < 4.78 is 1.02. The molecule has 1 saturated heterocycles. The molecule has 0 bridgehead atoms. The summed E-state index contributed by atoms with van der Waals surface area (Å²) in [6.45, 7) is 5.51. The third-order valence-electron chi connectivity index (χ3n) is 4.05. The van der Waals surface area contributed by atoms with Gasteiger partial charge in [0, 0.05) is 35.4 Å². The van der Waals surface area contributed by atoms with Crippen molar-refractivity contribution in [3.63, 3.8) is 0 Å². The van der Waals surface area contributed by atoms with E-state index in [2.05, 4.69) is 39.7 Å². The van der Waals surface area contributed by atoms with Crippen molar-refractivity contribution in [3.8, 4) is 0 Å². The van der Waals surface area contributed by atoms with Crippen LogP contribution in [0.4, 0.5) is 5.69 Å². The van der Waals surface area contributed by atoms with Gasteiger partial charge in [-0.25, -0.2) is 0 Å². The van der Waals surface area contributed by atoms with Crippen LogP contribution in [0.25, 0.3) is 0 Å². The number of nitrogens with one attached hydrogen (secondary N) is 1. The van der Waals surface area contributed by atoms with Gasteiger partial charge in [0.15, 0.2) is 0 Å². The number of rotatable bonds is 5. The summed E-state index contributed by atoms with van der Waals surface area (Å²) in [5.41, 5.74) is 7.52. The number of nitrogens with zero attached hydrogens (tertiary/aromatic N) is 2. The van der Waals surface area contributed by atoms with Gasteiger partial charge in [0.2, 0.25) is 0 Å². The molecule has 1 aliphatic rings. The SMILES string of the molecule is CCN1CCCC1CN(C)c1cc(Br)ccc1C(=N)N. The van der Waals surface area contributed by atoms with Gasteiger partial charge in [0.05, 0.1) is 0 Å². The number of hydrogen-bond donors (Lipinski definition) is 2. The lowest BCUT2D eigenvalue weighted by Crippen LogP contribution is -2.39. The van der Waals surface area contributed by atoms with Crippen LogP contribution >= 0.6 is 15.9 Å². The molecule has 0 aromatic heterocycles. The summed E-state index contributed by atoms with van der Waals surface area (Å²) in [5, 5.41) is 7.73. The number of likely N-dealkylation sites (N-methyl/N-ethyl adjacent to an activating group) is 2. The molecule has 0 aliphatic carbocycles. The maximum Gasteiger partial charge on any atom is 0.124 e. The van der Waals surface area contributed by atoms with Crippen LogP contribution in [-0.4, -0.2) is 43.5 Å². The van der Waals surface area contributed by atoms with Crippen LogP contribution < -0.4 is 10.6 Å². The summed E-state index contributed by atoms with van der Waals surface area (Å²) in [6.07, 6.45) is 2.53. The molecule has 0 radical (unpaired) electrons. The molecule has 1 fully saturated rings. The minimum absolute atomic E-state index is 0.123. The Morgan fingerprint density at radius 2 is 2.30 bits per heavy atom. The average Bonchev–Trinajstić information content (AvgIpc) is 2.85. The second-order valence-corrected chi connectivity index (χ2v) is 6.30. The largest absolute Gasteiger partial charge is 0.384 e. The van der Waals surface area contributed by atoms with Crippen molar-refractivity contribution in [1.82, 2.24) is 4.90 Å². The van der Waals surface area contributed by atoms with Crippen LogP contribution in [0, 0.1) is 5.41 Å². The molecular formula is C15H23BrN4. The smallest absolute Gasteiger partial charge is 0.124 e. The standard InChI is InChI=1S/C15H23BrN4/c1-3-20-8-4-5-12(20)10-19(2)14-9-11(16)6-7-13(14)15(17)18/h6-7,9,12H,3-5,8,10H2,1-2H3,(H3,17,18). The highest BCUT2D eigenvalue weighted by molar-refractivity contribution is 9.10. The normalized spacial score (nSPS) is 19.2. The highest BCUT2D eigenvalue weighted by Gasteiger charge is 2.25. The third-order valence-corrected chi connectivity index (χ3v) is 4.54. The zero-order valence-electron chi connectivity index (χ0n) is 12.2. The molecule has 0 saturated carbocycles. The van der Waals surface area contributed by atoms with Gasteiger partial charge in [-0.3, -0.25) is 10.3 Å². The van der Waals surface area contributed by atoms with Gasteiger partial charge >= 0.3 is 0 Å². The molecule has 0 spiro atoms. The molecule has 1 aliphatic heterocycles. The van der Waals surface area contributed by atoms with Crippen molar-refractivity contribution in [2.45, 2.75) is 25.8 Å². The van der Waals surface area contributed by atoms with E-state index < -0.39 is 0 Å². The minimum Gasteiger partial charge on any atom is -0.384 e. The summed E-state index contributed by atoms with van der Waals surface area (Å²) in [5.74, 6) is 0.123. The Labute approximate surface area is 129 Å². The Kier molecular flexibility index (Phi) is 5.05. The topological polar surface area (TPSA) is 56.4 Å². The van der Waals surface area contributed by atoms with Crippen molar-refractivity contribution >= 4 is 27.5 Å². The van der Waals surface area contributed by atoms with Crippen LogP contribution in [0.1, 0.15) is 25.3 Å². The summed E-state index contributed by atoms with van der Waals surface area (Å²) >= 11 is 3.50. The lowest BCUT2D eigenvalue weighted by Gasteiger charge is -2.30. The van der Waals surface area contributed by atoms with Gasteiger partial charge in [0.25, 0.3) is 0 Å². The van der Waals surface area contributed by atoms with Crippen molar-refractivity contribution in [2.75, 3.05) is 31.6 Å². The second kappa shape index (κ2) is 6.59. The number of amidine groups is 1. The zero-order valence-corrected chi connectivity index (χ0v) is 13.8. The number of nitrogens with two attached hydrogens (primary N) is 1. The van der Waals surface area contributed by atoms with Crippen LogP contribution in [-0.2, 0) is 0 Å². The van der Waals surface area contributed by atoms with Crippen molar-refractivity contribution < 1.29 is 0 Å². The zero-order chi connectivity index (χ0) is 14.7. The Bertz CT molecular complexity index is 489. The van der Waals surface area contributed by atoms with E-state index in [-0.39, 0.29) is 5.84 Å². The van der Waals surface area contributed by atoms with Gasteiger partial charge in [-0.05, 0) is 44.1 Å². The lowest BCUT2D eigenvalue weighted by molar-refractivity contribution is 0.270. The van der Waals surface area contributed by atoms with E-state index in [1.807, 2.05) is 18.2 Å². The van der Waals surface area contributed by atoms with Gasteiger partial charge in [-0.1, -0.05) is 22.9 Å². The minimum atomic E-state index is 0.123. The quantitative estimate of drug-likeness (QED) is 0.641. The van der Waals surface area contributed by atoms with Crippen LogP contribution in [0.15, 0.2) is 22.7 Å². The summed E-state index contributed by atoms with van der Waals surface area (Å²) in [6, 6.07) is 6.48. The first-order chi connectivity index (χ1) is 9.52. The first-order valence-corrected chi connectivity index (χ1v) is 7.91. The molecule has 1 aromatic carbocycles. The highest BCUT2D eigenvalue weighted by Crippen LogP contribution is 2.26. The molecule has 4 nitrogen and oxygen atoms in total. The molecule has 110 valence electrons. The Morgan fingerprint density at radius 3 is 2.95 bits per heavy atom. The number of nitrogen functional groups attached to an aromatic ring is 1. The van der Waals surface area contributed by atoms with Crippen LogP contribution in [0.2, 0.25) is 0 Å². The van der Waals surface area contributed by atoms with E-state index >= 15 is 0 Å². The van der Waals surface area contributed by atoms with Crippen molar-refractivity contribution in [2.24, 2.45) is 5.73 Å². The fraction of sp³-hybridized carbons (Fsp3) is 0.533. The first-order valence-electron chi connectivity index (χ1n) is 7.12. The molecule has 1 atom stereocenters. The first kappa shape index (κ1) is 15.3. The van der Waals surface area contributed by atoms with Gasteiger partial charge in [-0.2, -0.15) is 0 Å². The van der Waals surface area contributed by atoms with Crippen molar-refractivity contribution in [3.05, 3.63) is 28.2 Å². The monoisotopic (exact) mass is 338 g/mol. The van der Waals surface area contributed by atoms with E-state index in [4.69, 9.17) is 11.1 Å². The lowest BCUT2D eigenvalue weighted by atomic mass is 10.1. The Hall–Kier alpha value is -1.07. The predicted octanol–water partition coefficient (Wildman–Crippen LogP) is 2.65. The molecular weight excluding hydrogens is 316 g/mol. The van der Waals surface area contributed by atoms with Crippen LogP contribution in [0.5, 0.6) is 0 Å². The Morgan fingerprint density at radius 1 is 1.55 bits per heavy atom. The van der Waals surface area contributed by atoms with E-state index in [0.717, 1.165) is 28.8 Å². The summed E-state index contributed by atoms with van der Waals surface area (Å²) in [7, 11) is 2.08. The molecule has 1 heterocycles. The number of hydrogen-bond acceptors (Lipinski definition) is 3. The molecule has 1 unspecified atom stereocenters. The van der Waals surface area contributed by atoms with Gasteiger partial charge in [0.1, 0.15) is 5.84 Å². The molecule has 20 heavy (non-hydrogen) atoms. The van der Waals surface area contributed by atoms with Gasteiger partial charge < -0.3 is 10.6 Å². The summed E-state index contributed by atoms with van der Waals surface area (Å²) in [4.78, 5) is 4.75. The fourth-order valence-corrected chi connectivity index (χ4v) is 3.33. The predicted molar refractivity (Wildman–Crippen MR) is 88.7 cm³/mol. The number of benzene rings is 1. The third kappa shape index (κ3) is 3.33. The second-order valence-electron chi connectivity index (χ2n) is 5.38. The molecule has 5 heteroatoms. The average molecular weight is 339 g/mol. The number of anilines is 1. The van der Waals surface area contributed by atoms with Gasteiger partial charge in [-0.15, -0.1) is 0 Å². The molecule has 2 rings (SSSR count). The maximum atomic E-state index is 7.73. The van der Waals surface area contributed by atoms with Crippen LogP contribution in [0.3, 0.4) is 0 Å². The fourth-order valence-electron chi connectivity index (χ4n) is 2.98. The van der Waals surface area contributed by atoms with E-state index in [0.29, 0.717) is 6.04 Å². The number of halogens is 1.